The predicted octanol–water partition coefficient (Wildman–Crippen LogP) is 3.72. The zero-order valence-electron chi connectivity index (χ0n) is 9.78. The first-order valence-corrected chi connectivity index (χ1v) is 6.26. The van der Waals surface area contributed by atoms with Gasteiger partial charge in [0.05, 0.1) is 0 Å². The Morgan fingerprint density at radius 1 is 1.33 bits per heavy atom. The van der Waals surface area contributed by atoms with Crippen LogP contribution in [0.1, 0.15) is 21.7 Å². The summed E-state index contributed by atoms with van der Waals surface area (Å²) in [6.07, 6.45) is 0.0156. The molecular weight excluding hydrogens is 297 g/mol. The summed E-state index contributed by atoms with van der Waals surface area (Å²) >= 11 is 3.26. The van der Waals surface area contributed by atoms with Crippen LogP contribution in [0.2, 0.25) is 0 Å². The third kappa shape index (κ3) is 3.01. The van der Waals surface area contributed by atoms with Crippen LogP contribution in [-0.2, 0) is 6.42 Å². The van der Waals surface area contributed by atoms with Crippen molar-refractivity contribution in [3.8, 4) is 0 Å². The van der Waals surface area contributed by atoms with Crippen LogP contribution in [0.4, 0.5) is 4.39 Å². The Bertz CT molecular complexity index is 598. The zero-order chi connectivity index (χ0) is 13.1. The average Bonchev–Trinajstić information content (AvgIpc) is 2.34. The molecular formula is C14H11BrFNO. The van der Waals surface area contributed by atoms with Crippen LogP contribution in [-0.4, -0.2) is 10.8 Å². The second kappa shape index (κ2) is 5.40. The number of halogens is 2. The lowest BCUT2D eigenvalue weighted by atomic mass is 10.1. The Kier molecular flexibility index (Phi) is 3.87. The number of aromatic nitrogens is 1. The van der Waals surface area contributed by atoms with Gasteiger partial charge in [0, 0.05) is 16.6 Å². The highest BCUT2D eigenvalue weighted by atomic mass is 79.9. The van der Waals surface area contributed by atoms with Crippen molar-refractivity contribution in [1.82, 2.24) is 4.98 Å². The number of aryl methyl sites for hydroxylation is 1. The highest BCUT2D eigenvalue weighted by molar-refractivity contribution is 9.10. The summed E-state index contributed by atoms with van der Waals surface area (Å²) < 4.78 is 14.3. The second-order valence-corrected chi connectivity index (χ2v) is 4.92. The number of hydrogen-bond acceptors (Lipinski definition) is 2. The Hall–Kier alpha value is -1.55. The van der Waals surface area contributed by atoms with Gasteiger partial charge in [-0.05, 0) is 42.8 Å². The van der Waals surface area contributed by atoms with E-state index < -0.39 is 0 Å². The molecule has 0 saturated heterocycles. The molecule has 0 aliphatic carbocycles. The van der Waals surface area contributed by atoms with Crippen molar-refractivity contribution in [1.29, 1.82) is 0 Å². The lowest BCUT2D eigenvalue weighted by Gasteiger charge is -2.04. The number of carbonyl (C=O) groups excluding carboxylic acids is 1. The summed E-state index contributed by atoms with van der Waals surface area (Å²) in [4.78, 5) is 16.1. The van der Waals surface area contributed by atoms with Gasteiger partial charge >= 0.3 is 0 Å². The number of Topliss-reactive ketones (excluding diaryl/α,β-unsaturated/α-hetero) is 1. The molecule has 2 rings (SSSR count). The number of rotatable bonds is 3. The van der Waals surface area contributed by atoms with E-state index in [1.165, 1.54) is 6.07 Å². The molecule has 0 unspecified atom stereocenters. The van der Waals surface area contributed by atoms with Gasteiger partial charge in [-0.3, -0.25) is 9.78 Å². The fraction of sp³-hybridized carbons (Fsp3) is 0.143. The minimum Gasteiger partial charge on any atom is -0.292 e. The molecule has 1 aromatic carbocycles. The summed E-state index contributed by atoms with van der Waals surface area (Å²) in [7, 11) is 0. The number of pyridine rings is 1. The topological polar surface area (TPSA) is 30.0 Å². The molecule has 0 amide bonds. The van der Waals surface area contributed by atoms with Crippen LogP contribution < -0.4 is 0 Å². The summed E-state index contributed by atoms with van der Waals surface area (Å²) in [5, 5.41) is 0. The molecule has 0 saturated carbocycles. The van der Waals surface area contributed by atoms with Crippen molar-refractivity contribution < 1.29 is 9.18 Å². The van der Waals surface area contributed by atoms with Crippen molar-refractivity contribution in [3.05, 3.63) is 63.6 Å². The van der Waals surface area contributed by atoms with Crippen molar-refractivity contribution in [2.75, 3.05) is 0 Å². The van der Waals surface area contributed by atoms with E-state index in [1.807, 2.05) is 13.0 Å². The molecule has 1 heterocycles. The van der Waals surface area contributed by atoms with Gasteiger partial charge in [0.25, 0.3) is 0 Å². The molecule has 0 aliphatic rings. The van der Waals surface area contributed by atoms with Crippen molar-refractivity contribution >= 4 is 21.7 Å². The van der Waals surface area contributed by atoms with Crippen LogP contribution in [0, 0.1) is 12.7 Å². The van der Waals surface area contributed by atoms with Crippen molar-refractivity contribution in [3.63, 3.8) is 0 Å². The lowest BCUT2D eigenvalue weighted by molar-refractivity contribution is 0.0987. The molecule has 2 nitrogen and oxygen atoms in total. The molecule has 92 valence electrons. The number of carbonyl (C=O) groups is 1. The molecule has 2 aromatic rings. The summed E-state index contributed by atoms with van der Waals surface area (Å²) in [6.45, 7) is 1.82. The van der Waals surface area contributed by atoms with Gasteiger partial charge in [-0.15, -0.1) is 0 Å². The quantitative estimate of drug-likeness (QED) is 0.809. The molecule has 0 radical (unpaired) electrons. The molecule has 0 bridgehead atoms. The second-order valence-electron chi connectivity index (χ2n) is 4.00. The predicted molar refractivity (Wildman–Crippen MR) is 71.1 cm³/mol. The van der Waals surface area contributed by atoms with E-state index in [1.54, 1.807) is 24.3 Å². The smallest absolute Gasteiger partial charge is 0.185 e. The highest BCUT2D eigenvalue weighted by Crippen LogP contribution is 2.17. The molecule has 0 N–H and O–H groups in total. The maximum Gasteiger partial charge on any atom is 0.185 e. The van der Waals surface area contributed by atoms with Gasteiger partial charge in [0.15, 0.2) is 5.78 Å². The fourth-order valence-electron chi connectivity index (χ4n) is 1.64. The van der Waals surface area contributed by atoms with Crippen molar-refractivity contribution in [2.24, 2.45) is 0 Å². The first-order valence-electron chi connectivity index (χ1n) is 5.47. The van der Waals surface area contributed by atoms with Crippen LogP contribution in [0.25, 0.3) is 0 Å². The van der Waals surface area contributed by atoms with Crippen LogP contribution in [0.5, 0.6) is 0 Å². The molecule has 0 aliphatic heterocycles. The molecule has 18 heavy (non-hydrogen) atoms. The summed E-state index contributed by atoms with van der Waals surface area (Å²) in [5.41, 5.74) is 1.52. The minimum absolute atomic E-state index is 0.0156. The van der Waals surface area contributed by atoms with E-state index in [9.17, 15) is 9.18 Å². The average molecular weight is 308 g/mol. The Balaban J connectivity index is 2.24. The van der Waals surface area contributed by atoms with E-state index in [0.717, 1.165) is 10.2 Å². The van der Waals surface area contributed by atoms with Gasteiger partial charge in [-0.25, -0.2) is 4.39 Å². The first-order chi connectivity index (χ1) is 8.56. The third-order valence-electron chi connectivity index (χ3n) is 2.53. The Labute approximate surface area is 113 Å². The fourth-order valence-corrected chi connectivity index (χ4v) is 2.05. The van der Waals surface area contributed by atoms with E-state index in [4.69, 9.17) is 0 Å². The van der Waals surface area contributed by atoms with E-state index in [-0.39, 0.29) is 18.0 Å². The number of nitrogens with zero attached hydrogens (tertiary/aromatic N) is 1. The zero-order valence-corrected chi connectivity index (χ0v) is 11.4. The maximum absolute atomic E-state index is 13.5. The van der Waals surface area contributed by atoms with Crippen LogP contribution in [0.15, 0.2) is 40.9 Å². The first kappa shape index (κ1) is 12.9. The van der Waals surface area contributed by atoms with E-state index >= 15 is 0 Å². The van der Waals surface area contributed by atoms with Crippen LogP contribution in [0.3, 0.4) is 0 Å². The molecule has 0 fully saturated rings. The SMILES string of the molecule is Cc1cccc(C(=O)Cc2cc(Br)ccc2F)n1. The van der Waals surface area contributed by atoms with Gasteiger partial charge in [-0.2, -0.15) is 0 Å². The third-order valence-corrected chi connectivity index (χ3v) is 3.03. The van der Waals surface area contributed by atoms with Crippen molar-refractivity contribution in [2.45, 2.75) is 13.3 Å². The van der Waals surface area contributed by atoms with Gasteiger partial charge in [0.2, 0.25) is 0 Å². The molecule has 1 aromatic heterocycles. The monoisotopic (exact) mass is 307 g/mol. The number of ketones is 1. The van der Waals surface area contributed by atoms with Gasteiger partial charge < -0.3 is 0 Å². The van der Waals surface area contributed by atoms with Gasteiger partial charge in [-0.1, -0.05) is 22.0 Å². The van der Waals surface area contributed by atoms with Gasteiger partial charge in [0.1, 0.15) is 11.5 Å². The normalized spacial score (nSPS) is 10.4. The van der Waals surface area contributed by atoms with Crippen LogP contribution >= 0.6 is 15.9 Å². The summed E-state index contributed by atoms with van der Waals surface area (Å²) in [6, 6.07) is 9.79. The minimum atomic E-state index is -0.376. The lowest BCUT2D eigenvalue weighted by Crippen LogP contribution is -2.07. The Morgan fingerprint density at radius 2 is 2.11 bits per heavy atom. The Morgan fingerprint density at radius 3 is 2.83 bits per heavy atom. The largest absolute Gasteiger partial charge is 0.292 e. The highest BCUT2D eigenvalue weighted by Gasteiger charge is 2.12. The standard InChI is InChI=1S/C14H11BrFNO/c1-9-3-2-4-13(17-9)14(18)8-10-7-11(15)5-6-12(10)16/h2-7H,8H2,1H3. The maximum atomic E-state index is 13.5. The molecule has 0 atom stereocenters. The molecule has 0 spiro atoms. The van der Waals surface area contributed by atoms with E-state index in [2.05, 4.69) is 20.9 Å². The summed E-state index contributed by atoms with van der Waals surface area (Å²) in [5.74, 6) is -0.560. The molecule has 4 heteroatoms. The number of hydrogen-bond donors (Lipinski definition) is 0. The number of benzene rings is 1. The van der Waals surface area contributed by atoms with E-state index in [0.29, 0.717) is 11.3 Å².